The van der Waals surface area contributed by atoms with Crippen molar-refractivity contribution in [1.29, 1.82) is 0 Å². The van der Waals surface area contributed by atoms with Crippen molar-refractivity contribution in [3.05, 3.63) is 17.8 Å². The Morgan fingerprint density at radius 3 is 2.80 bits per heavy atom. The molecule has 2 rings (SSSR count). The largest absolute Gasteiger partial charge is 0.443 e. The molecule has 0 saturated carbocycles. The van der Waals surface area contributed by atoms with E-state index >= 15 is 0 Å². The third-order valence-corrected chi connectivity index (χ3v) is 4.47. The van der Waals surface area contributed by atoms with E-state index in [1.54, 1.807) is 13.2 Å². The number of aromatic nitrogens is 1. The Hall–Kier alpha value is -1.60. The first-order valence-corrected chi connectivity index (χ1v) is 9.04. The van der Waals surface area contributed by atoms with Gasteiger partial charge >= 0.3 is 0 Å². The fourth-order valence-corrected chi connectivity index (χ4v) is 2.88. The van der Waals surface area contributed by atoms with Crippen LogP contribution in [0.2, 0.25) is 0 Å². The molecular formula is C18H33N5O2. The van der Waals surface area contributed by atoms with Crippen LogP contribution in [0.15, 0.2) is 15.6 Å². The molecule has 142 valence electrons. The summed E-state index contributed by atoms with van der Waals surface area (Å²) in [6, 6.07) is 0.857. The average Bonchev–Trinajstić information content (AvgIpc) is 3.04. The van der Waals surface area contributed by atoms with E-state index in [1.165, 1.54) is 0 Å². The van der Waals surface area contributed by atoms with Gasteiger partial charge in [0.1, 0.15) is 5.76 Å². The van der Waals surface area contributed by atoms with E-state index in [0.29, 0.717) is 24.5 Å². The molecule has 1 aromatic rings. The van der Waals surface area contributed by atoms with Gasteiger partial charge in [-0.15, -0.1) is 0 Å². The van der Waals surface area contributed by atoms with Crippen molar-refractivity contribution in [1.82, 2.24) is 20.5 Å². The van der Waals surface area contributed by atoms with Crippen LogP contribution < -0.4 is 10.6 Å². The van der Waals surface area contributed by atoms with Gasteiger partial charge in [0.15, 0.2) is 5.96 Å². The number of aliphatic imine (C=N–C) groups is 1. The minimum Gasteiger partial charge on any atom is -0.443 e. The summed E-state index contributed by atoms with van der Waals surface area (Å²) >= 11 is 0. The summed E-state index contributed by atoms with van der Waals surface area (Å²) in [6.45, 7) is 14.7. The van der Waals surface area contributed by atoms with E-state index in [1.807, 2.05) is 0 Å². The molecule has 0 amide bonds. The number of oxazole rings is 1. The quantitative estimate of drug-likeness (QED) is 0.622. The molecule has 2 N–H and O–H groups in total. The summed E-state index contributed by atoms with van der Waals surface area (Å²) in [4.78, 5) is 11.1. The zero-order valence-electron chi connectivity index (χ0n) is 16.4. The lowest BCUT2D eigenvalue weighted by Gasteiger charge is -2.38. The molecule has 1 aliphatic rings. The Kier molecular flexibility index (Phi) is 6.84. The SMILES string of the molecule is CN=C(NCc1ncc(C(C)(C)C)o1)NCC(C)N1CCOCC1C. The monoisotopic (exact) mass is 351 g/mol. The van der Waals surface area contributed by atoms with Crippen LogP contribution in [0.1, 0.15) is 46.3 Å². The minimum absolute atomic E-state index is 0.0323. The zero-order chi connectivity index (χ0) is 18.4. The van der Waals surface area contributed by atoms with Crippen molar-refractivity contribution in [2.45, 2.75) is 58.7 Å². The number of rotatable bonds is 5. The number of nitrogens with one attached hydrogen (secondary N) is 2. The van der Waals surface area contributed by atoms with Gasteiger partial charge in [0, 0.05) is 37.6 Å². The maximum Gasteiger partial charge on any atom is 0.213 e. The third kappa shape index (κ3) is 5.71. The number of ether oxygens (including phenoxy) is 1. The molecule has 1 fully saturated rings. The second-order valence-corrected chi connectivity index (χ2v) is 7.69. The number of hydrogen-bond acceptors (Lipinski definition) is 5. The number of morpholine rings is 1. The predicted octanol–water partition coefficient (Wildman–Crippen LogP) is 1.75. The average molecular weight is 351 g/mol. The Morgan fingerprint density at radius 1 is 1.44 bits per heavy atom. The first kappa shape index (κ1) is 19.7. The fourth-order valence-electron chi connectivity index (χ4n) is 2.88. The standard InChI is InChI=1S/C18H33N5O2/c1-13(23-7-8-24-12-14(23)2)9-21-17(19-6)22-11-16-20-10-15(25-16)18(3,4)5/h10,13-14H,7-9,11-12H2,1-6H3,(H2,19,21,22). The van der Waals surface area contributed by atoms with Gasteiger partial charge in [-0.05, 0) is 13.8 Å². The van der Waals surface area contributed by atoms with Crippen LogP contribution in [-0.4, -0.2) is 61.3 Å². The molecule has 0 bridgehead atoms. The van der Waals surface area contributed by atoms with Crippen molar-refractivity contribution in [2.75, 3.05) is 33.4 Å². The van der Waals surface area contributed by atoms with Crippen molar-refractivity contribution < 1.29 is 9.15 Å². The number of guanidine groups is 1. The molecular weight excluding hydrogens is 318 g/mol. The van der Waals surface area contributed by atoms with Gasteiger partial charge in [0.25, 0.3) is 0 Å². The molecule has 7 heteroatoms. The highest BCUT2D eigenvalue weighted by molar-refractivity contribution is 5.79. The normalized spacial score (nSPS) is 21.2. The van der Waals surface area contributed by atoms with E-state index < -0.39 is 0 Å². The molecule has 1 saturated heterocycles. The molecule has 25 heavy (non-hydrogen) atoms. The molecule has 0 spiro atoms. The molecule has 1 aliphatic heterocycles. The maximum atomic E-state index is 5.80. The van der Waals surface area contributed by atoms with Gasteiger partial charge in [-0.1, -0.05) is 20.8 Å². The summed E-state index contributed by atoms with van der Waals surface area (Å²) in [5.74, 6) is 2.31. The molecule has 1 aromatic heterocycles. The van der Waals surface area contributed by atoms with Gasteiger partial charge < -0.3 is 19.8 Å². The molecule has 2 unspecified atom stereocenters. The lowest BCUT2D eigenvalue weighted by Crippen LogP contribution is -2.52. The Bertz CT molecular complexity index is 564. The highest BCUT2D eigenvalue weighted by Crippen LogP contribution is 2.22. The fraction of sp³-hybridized carbons (Fsp3) is 0.778. The van der Waals surface area contributed by atoms with E-state index in [-0.39, 0.29) is 5.41 Å². The lowest BCUT2D eigenvalue weighted by atomic mass is 9.94. The summed E-state index contributed by atoms with van der Waals surface area (Å²) in [6.07, 6.45) is 1.80. The van der Waals surface area contributed by atoms with Gasteiger partial charge in [0.05, 0.1) is 26.0 Å². The lowest BCUT2D eigenvalue weighted by molar-refractivity contribution is -0.0174. The molecule has 7 nitrogen and oxygen atoms in total. The van der Waals surface area contributed by atoms with Crippen LogP contribution >= 0.6 is 0 Å². The first-order valence-electron chi connectivity index (χ1n) is 9.04. The summed E-state index contributed by atoms with van der Waals surface area (Å²) in [5, 5.41) is 6.64. The van der Waals surface area contributed by atoms with Crippen molar-refractivity contribution in [3.8, 4) is 0 Å². The Morgan fingerprint density at radius 2 is 2.20 bits per heavy atom. The number of hydrogen-bond donors (Lipinski definition) is 2. The van der Waals surface area contributed by atoms with Crippen LogP contribution in [0.3, 0.4) is 0 Å². The topological polar surface area (TPSA) is 74.9 Å². The highest BCUT2D eigenvalue weighted by atomic mass is 16.5. The van der Waals surface area contributed by atoms with E-state index in [4.69, 9.17) is 9.15 Å². The molecule has 2 heterocycles. The smallest absolute Gasteiger partial charge is 0.213 e. The zero-order valence-corrected chi connectivity index (χ0v) is 16.4. The van der Waals surface area contributed by atoms with Crippen molar-refractivity contribution >= 4 is 5.96 Å². The Labute approximate surface area is 151 Å². The van der Waals surface area contributed by atoms with Crippen molar-refractivity contribution in [2.24, 2.45) is 4.99 Å². The van der Waals surface area contributed by atoms with Gasteiger partial charge in [-0.25, -0.2) is 4.98 Å². The number of nitrogens with zero attached hydrogens (tertiary/aromatic N) is 3. The van der Waals surface area contributed by atoms with Crippen LogP contribution in [0.5, 0.6) is 0 Å². The summed E-state index contributed by atoms with van der Waals surface area (Å²) < 4.78 is 11.3. The van der Waals surface area contributed by atoms with E-state index in [9.17, 15) is 0 Å². The minimum atomic E-state index is -0.0323. The summed E-state index contributed by atoms with van der Waals surface area (Å²) in [7, 11) is 1.77. The van der Waals surface area contributed by atoms with Gasteiger partial charge in [0.2, 0.25) is 5.89 Å². The van der Waals surface area contributed by atoms with Gasteiger partial charge in [-0.3, -0.25) is 9.89 Å². The second-order valence-electron chi connectivity index (χ2n) is 7.69. The van der Waals surface area contributed by atoms with Gasteiger partial charge in [-0.2, -0.15) is 0 Å². The first-order chi connectivity index (χ1) is 11.8. The third-order valence-electron chi connectivity index (χ3n) is 4.47. The van der Waals surface area contributed by atoms with E-state index in [0.717, 1.165) is 38.0 Å². The molecule has 0 radical (unpaired) electrons. The highest BCUT2D eigenvalue weighted by Gasteiger charge is 2.23. The predicted molar refractivity (Wildman–Crippen MR) is 99.9 cm³/mol. The molecule has 2 atom stereocenters. The van der Waals surface area contributed by atoms with Crippen LogP contribution in [0, 0.1) is 0 Å². The van der Waals surface area contributed by atoms with Crippen LogP contribution in [0.25, 0.3) is 0 Å². The van der Waals surface area contributed by atoms with Crippen LogP contribution in [-0.2, 0) is 16.7 Å². The Balaban J connectivity index is 1.79. The van der Waals surface area contributed by atoms with Crippen LogP contribution in [0.4, 0.5) is 0 Å². The van der Waals surface area contributed by atoms with E-state index in [2.05, 4.69) is 60.1 Å². The second kappa shape index (κ2) is 8.67. The molecule has 0 aromatic carbocycles. The maximum absolute atomic E-state index is 5.80. The summed E-state index contributed by atoms with van der Waals surface area (Å²) in [5.41, 5.74) is -0.0323. The van der Waals surface area contributed by atoms with Crippen molar-refractivity contribution in [3.63, 3.8) is 0 Å². The molecule has 0 aliphatic carbocycles.